The molecule has 0 aliphatic rings. The Labute approximate surface area is 225 Å². The minimum absolute atomic E-state index is 0.164. The minimum Gasteiger partial charge on any atom is -0.368 e. The molecular weight excluding hydrogens is 470 g/mol. The Morgan fingerprint density at radius 2 is 1.16 bits per heavy atom. The van der Waals surface area contributed by atoms with E-state index in [9.17, 15) is 9.59 Å². The molecule has 0 aliphatic heterocycles. The molecule has 5 heteroatoms. The van der Waals surface area contributed by atoms with E-state index in [2.05, 4.69) is 24.3 Å². The molecule has 0 radical (unpaired) electrons. The average Bonchev–Trinajstić information content (AvgIpc) is 2.96. The molecule has 38 heavy (non-hydrogen) atoms. The van der Waals surface area contributed by atoms with Gasteiger partial charge in [0.1, 0.15) is 6.04 Å². The summed E-state index contributed by atoms with van der Waals surface area (Å²) < 4.78 is 0. The summed E-state index contributed by atoms with van der Waals surface area (Å²) in [5.41, 5.74) is 16.6. The van der Waals surface area contributed by atoms with Crippen molar-refractivity contribution >= 4 is 11.8 Å². The topological polar surface area (TPSA) is 89.4 Å². The SMILES string of the molecule is C[C@@H](c1ccc(-c2ccccc2)cc1)N(C(=O)C(c1ccccc1)c1ccccc1)[C@H](CCCN)C(N)=O. The largest absolute Gasteiger partial charge is 0.368 e. The summed E-state index contributed by atoms with van der Waals surface area (Å²) in [5.74, 6) is -1.27. The summed E-state index contributed by atoms with van der Waals surface area (Å²) in [4.78, 5) is 29.0. The van der Waals surface area contributed by atoms with E-state index < -0.39 is 23.9 Å². The van der Waals surface area contributed by atoms with Gasteiger partial charge in [0.05, 0.1) is 12.0 Å². The van der Waals surface area contributed by atoms with Crippen molar-refractivity contribution in [2.24, 2.45) is 11.5 Å². The monoisotopic (exact) mass is 505 g/mol. The lowest BCUT2D eigenvalue weighted by Gasteiger charge is -2.38. The quantitative estimate of drug-likeness (QED) is 0.275. The molecule has 4 rings (SSSR count). The van der Waals surface area contributed by atoms with Gasteiger partial charge in [-0.15, -0.1) is 0 Å². The molecule has 0 spiro atoms. The molecular formula is C33H35N3O2. The average molecular weight is 506 g/mol. The highest BCUT2D eigenvalue weighted by atomic mass is 16.2. The van der Waals surface area contributed by atoms with Crippen LogP contribution in [-0.2, 0) is 9.59 Å². The zero-order valence-electron chi connectivity index (χ0n) is 21.7. The van der Waals surface area contributed by atoms with Crippen LogP contribution in [-0.4, -0.2) is 29.3 Å². The number of nitrogens with zero attached hydrogens (tertiary/aromatic N) is 1. The Kier molecular flexibility index (Phi) is 9.07. The van der Waals surface area contributed by atoms with E-state index in [1.54, 1.807) is 4.90 Å². The van der Waals surface area contributed by atoms with Crippen LogP contribution in [0.3, 0.4) is 0 Å². The molecule has 5 nitrogen and oxygen atoms in total. The van der Waals surface area contributed by atoms with Gasteiger partial charge in [-0.2, -0.15) is 0 Å². The summed E-state index contributed by atoms with van der Waals surface area (Å²) in [6.45, 7) is 2.37. The summed E-state index contributed by atoms with van der Waals surface area (Å²) in [5, 5.41) is 0. The maximum atomic E-state index is 14.5. The molecule has 0 bridgehead atoms. The highest BCUT2D eigenvalue weighted by Gasteiger charge is 2.37. The van der Waals surface area contributed by atoms with Gasteiger partial charge in [0.15, 0.2) is 0 Å². The lowest BCUT2D eigenvalue weighted by atomic mass is 9.88. The van der Waals surface area contributed by atoms with Crippen molar-refractivity contribution < 1.29 is 9.59 Å². The van der Waals surface area contributed by atoms with Gasteiger partial charge in [0, 0.05) is 0 Å². The number of rotatable bonds is 11. The molecule has 0 aliphatic carbocycles. The van der Waals surface area contributed by atoms with Gasteiger partial charge >= 0.3 is 0 Å². The molecule has 0 heterocycles. The van der Waals surface area contributed by atoms with Crippen LogP contribution in [0.1, 0.15) is 48.4 Å². The molecule has 0 unspecified atom stereocenters. The first kappa shape index (κ1) is 26.8. The van der Waals surface area contributed by atoms with Gasteiger partial charge in [0.25, 0.3) is 0 Å². The summed E-state index contributed by atoms with van der Waals surface area (Å²) in [6.07, 6.45) is 0.985. The van der Waals surface area contributed by atoms with Crippen molar-refractivity contribution in [3.05, 3.63) is 132 Å². The van der Waals surface area contributed by atoms with Gasteiger partial charge in [-0.25, -0.2) is 0 Å². The second-order valence-electron chi connectivity index (χ2n) is 9.51. The summed E-state index contributed by atoms with van der Waals surface area (Å²) in [7, 11) is 0. The van der Waals surface area contributed by atoms with Crippen molar-refractivity contribution in [2.45, 2.75) is 37.8 Å². The van der Waals surface area contributed by atoms with Crippen molar-refractivity contribution in [3.63, 3.8) is 0 Å². The fourth-order valence-electron chi connectivity index (χ4n) is 5.01. The number of hydrogen-bond acceptors (Lipinski definition) is 3. The van der Waals surface area contributed by atoms with Gasteiger partial charge in [0.2, 0.25) is 11.8 Å². The standard InChI is InChI=1S/C33H35N3O2/c1-24(25-19-21-27(22-20-25)26-12-5-2-6-13-26)36(30(32(35)37)18-11-23-34)33(38)31(28-14-7-3-8-15-28)29-16-9-4-10-17-29/h2-10,12-17,19-22,24,30-31H,11,18,23,34H2,1H3,(H2,35,37)/t24-,30+/m0/s1. The third-order valence-corrected chi connectivity index (χ3v) is 7.03. The van der Waals surface area contributed by atoms with E-state index in [0.29, 0.717) is 19.4 Å². The van der Waals surface area contributed by atoms with Crippen LogP contribution in [0, 0.1) is 0 Å². The van der Waals surface area contributed by atoms with Crippen LogP contribution in [0.4, 0.5) is 0 Å². The predicted octanol–water partition coefficient (Wildman–Crippen LogP) is 5.67. The summed E-state index contributed by atoms with van der Waals surface area (Å²) in [6, 6.07) is 36.5. The van der Waals surface area contributed by atoms with Crippen molar-refractivity contribution in [3.8, 4) is 11.1 Å². The molecule has 2 atom stereocenters. The lowest BCUT2D eigenvalue weighted by Crippen LogP contribution is -2.50. The van der Waals surface area contributed by atoms with E-state index in [1.165, 1.54) is 0 Å². The molecule has 0 aromatic heterocycles. The first-order valence-electron chi connectivity index (χ1n) is 13.1. The smallest absolute Gasteiger partial charge is 0.240 e. The molecule has 194 valence electrons. The van der Waals surface area contributed by atoms with Gasteiger partial charge < -0.3 is 16.4 Å². The van der Waals surface area contributed by atoms with E-state index in [1.807, 2.05) is 97.9 Å². The predicted molar refractivity (Wildman–Crippen MR) is 153 cm³/mol. The fraction of sp³-hybridized carbons (Fsp3) is 0.212. The third kappa shape index (κ3) is 6.18. The van der Waals surface area contributed by atoms with E-state index in [4.69, 9.17) is 11.5 Å². The van der Waals surface area contributed by atoms with E-state index in [-0.39, 0.29) is 5.91 Å². The van der Waals surface area contributed by atoms with Gasteiger partial charge in [-0.05, 0) is 54.1 Å². The normalized spacial score (nSPS) is 12.6. The van der Waals surface area contributed by atoms with Crippen LogP contribution in [0.5, 0.6) is 0 Å². The Hall–Kier alpha value is -4.22. The lowest BCUT2D eigenvalue weighted by molar-refractivity contribution is -0.142. The third-order valence-electron chi connectivity index (χ3n) is 7.03. The van der Waals surface area contributed by atoms with Crippen LogP contribution in [0.15, 0.2) is 115 Å². The highest BCUT2D eigenvalue weighted by molar-refractivity contribution is 5.92. The highest BCUT2D eigenvalue weighted by Crippen LogP contribution is 2.34. The number of nitrogens with two attached hydrogens (primary N) is 2. The van der Waals surface area contributed by atoms with Crippen LogP contribution in [0.2, 0.25) is 0 Å². The molecule has 2 amide bonds. The molecule has 0 saturated heterocycles. The molecule has 0 fully saturated rings. The van der Waals surface area contributed by atoms with Gasteiger partial charge in [-0.3, -0.25) is 9.59 Å². The first-order valence-corrected chi connectivity index (χ1v) is 13.1. The van der Waals surface area contributed by atoms with Gasteiger partial charge in [-0.1, -0.05) is 115 Å². The number of carbonyl (C=O) groups excluding carboxylic acids is 2. The van der Waals surface area contributed by atoms with Crippen LogP contribution >= 0.6 is 0 Å². The maximum Gasteiger partial charge on any atom is 0.240 e. The molecule has 4 aromatic rings. The van der Waals surface area contributed by atoms with Crippen LogP contribution in [0.25, 0.3) is 11.1 Å². The number of hydrogen-bond donors (Lipinski definition) is 2. The Bertz CT molecular complexity index is 1270. The maximum absolute atomic E-state index is 14.5. The van der Waals surface area contributed by atoms with Crippen molar-refractivity contribution in [1.82, 2.24) is 4.90 Å². The van der Waals surface area contributed by atoms with Crippen LogP contribution < -0.4 is 11.5 Å². The number of benzene rings is 4. The van der Waals surface area contributed by atoms with Crippen molar-refractivity contribution in [2.75, 3.05) is 6.54 Å². The first-order chi connectivity index (χ1) is 18.5. The number of primary amides is 1. The second-order valence-corrected chi connectivity index (χ2v) is 9.51. The zero-order valence-corrected chi connectivity index (χ0v) is 21.7. The Morgan fingerprint density at radius 1 is 0.684 bits per heavy atom. The molecule has 4 aromatic carbocycles. The summed E-state index contributed by atoms with van der Waals surface area (Å²) >= 11 is 0. The Morgan fingerprint density at radius 3 is 1.63 bits per heavy atom. The number of amides is 2. The second kappa shape index (κ2) is 12.8. The fourth-order valence-corrected chi connectivity index (χ4v) is 5.01. The van der Waals surface area contributed by atoms with E-state index >= 15 is 0 Å². The Balaban J connectivity index is 1.77. The zero-order chi connectivity index (χ0) is 26.9. The minimum atomic E-state index is -0.787. The van der Waals surface area contributed by atoms with Crippen molar-refractivity contribution in [1.29, 1.82) is 0 Å². The molecule has 4 N–H and O–H groups in total. The van der Waals surface area contributed by atoms with E-state index in [0.717, 1.165) is 27.8 Å². The molecule has 0 saturated carbocycles. The number of carbonyl (C=O) groups is 2.